The Bertz CT molecular complexity index is 1080. The lowest BCUT2D eigenvalue weighted by molar-refractivity contribution is 0.0688. The van der Waals surface area contributed by atoms with Crippen LogP contribution in [0.3, 0.4) is 0 Å². The summed E-state index contributed by atoms with van der Waals surface area (Å²) in [5.41, 5.74) is -0.218. The molecule has 2 aromatic rings. The fraction of sp³-hybridized carbons (Fsp3) is 0.421. The number of nitrogens with zero attached hydrogens (tertiary/aromatic N) is 4. The van der Waals surface area contributed by atoms with Crippen molar-refractivity contribution in [3.8, 4) is 0 Å². The summed E-state index contributed by atoms with van der Waals surface area (Å²) in [4.78, 5) is 25.0. The highest BCUT2D eigenvalue weighted by Crippen LogP contribution is 2.23. The van der Waals surface area contributed by atoms with E-state index in [1.54, 1.807) is 0 Å². The van der Waals surface area contributed by atoms with Crippen molar-refractivity contribution >= 4 is 15.9 Å². The van der Waals surface area contributed by atoms with Crippen LogP contribution in [-0.2, 0) is 16.6 Å². The minimum Gasteiger partial charge on any atom is -0.335 e. The molecule has 0 atom stereocenters. The fourth-order valence-corrected chi connectivity index (χ4v) is 4.71. The number of unbranched alkanes of at least 4 members (excludes halogenated alkanes) is 1. The van der Waals surface area contributed by atoms with Crippen LogP contribution < -0.4 is 5.56 Å². The first kappa shape index (κ1) is 22.0. The summed E-state index contributed by atoms with van der Waals surface area (Å²) in [5, 5.41) is 4.11. The maximum atomic E-state index is 13.9. The van der Waals surface area contributed by atoms with Crippen LogP contribution in [0.1, 0.15) is 30.3 Å². The molecule has 2 heterocycles. The van der Waals surface area contributed by atoms with Gasteiger partial charge in [-0.15, -0.1) is 0 Å². The molecule has 30 heavy (non-hydrogen) atoms. The van der Waals surface area contributed by atoms with Crippen molar-refractivity contribution in [2.45, 2.75) is 31.2 Å². The molecule has 162 valence electrons. The van der Waals surface area contributed by atoms with Gasteiger partial charge in [-0.1, -0.05) is 19.4 Å². The minimum absolute atomic E-state index is 0.0316. The average Bonchev–Trinajstić information content (AvgIpc) is 2.72. The van der Waals surface area contributed by atoms with Crippen LogP contribution >= 0.6 is 0 Å². The Morgan fingerprint density at radius 1 is 1.07 bits per heavy atom. The van der Waals surface area contributed by atoms with Gasteiger partial charge in [0.1, 0.15) is 17.3 Å². The molecule has 1 aliphatic rings. The van der Waals surface area contributed by atoms with E-state index in [1.165, 1.54) is 21.7 Å². The van der Waals surface area contributed by atoms with E-state index in [-0.39, 0.29) is 37.4 Å². The summed E-state index contributed by atoms with van der Waals surface area (Å²) in [6, 6.07) is 5.47. The molecule has 1 fully saturated rings. The summed E-state index contributed by atoms with van der Waals surface area (Å²) in [5.74, 6) is -2.76. The molecule has 0 spiro atoms. The standard InChI is InChI=1S/C19H22F2N4O4S/c1-2-3-9-25-17(26)8-7-16(22-25)19(27)23-10-12-24(13-11-23)30(28,29)18-14(20)5-4-6-15(18)21/h4-8H,2-3,9-13H2,1H3. The zero-order valence-electron chi connectivity index (χ0n) is 16.4. The first-order valence-electron chi connectivity index (χ1n) is 9.57. The van der Waals surface area contributed by atoms with Crippen LogP contribution in [0, 0.1) is 11.6 Å². The van der Waals surface area contributed by atoms with Gasteiger partial charge in [-0.05, 0) is 24.6 Å². The molecule has 11 heteroatoms. The second kappa shape index (κ2) is 9.00. The van der Waals surface area contributed by atoms with Crippen molar-refractivity contribution in [1.82, 2.24) is 19.0 Å². The Morgan fingerprint density at radius 3 is 2.30 bits per heavy atom. The van der Waals surface area contributed by atoms with Crippen molar-refractivity contribution in [1.29, 1.82) is 0 Å². The summed E-state index contributed by atoms with van der Waals surface area (Å²) in [6.45, 7) is 2.21. The number of rotatable bonds is 6. The topological polar surface area (TPSA) is 92.6 Å². The van der Waals surface area contributed by atoms with Gasteiger partial charge in [0.25, 0.3) is 11.5 Å². The molecule has 1 amide bonds. The van der Waals surface area contributed by atoms with E-state index in [0.29, 0.717) is 6.54 Å². The smallest absolute Gasteiger partial charge is 0.274 e. The SMILES string of the molecule is CCCCn1nc(C(=O)N2CCN(S(=O)(=O)c3c(F)cccc3F)CC2)ccc1=O. The maximum Gasteiger partial charge on any atom is 0.274 e. The summed E-state index contributed by atoms with van der Waals surface area (Å²) in [7, 11) is -4.38. The zero-order valence-corrected chi connectivity index (χ0v) is 17.2. The highest BCUT2D eigenvalue weighted by Gasteiger charge is 2.34. The number of benzene rings is 1. The van der Waals surface area contributed by atoms with Gasteiger partial charge in [0.05, 0.1) is 0 Å². The van der Waals surface area contributed by atoms with Gasteiger partial charge >= 0.3 is 0 Å². The van der Waals surface area contributed by atoms with Crippen LogP contribution in [0.5, 0.6) is 0 Å². The summed E-state index contributed by atoms with van der Waals surface area (Å²) in [6.07, 6.45) is 1.61. The zero-order chi connectivity index (χ0) is 21.9. The van der Waals surface area contributed by atoms with E-state index < -0.39 is 32.5 Å². The molecule has 1 saturated heterocycles. The van der Waals surface area contributed by atoms with Crippen LogP contribution in [-0.4, -0.2) is 59.5 Å². The molecule has 8 nitrogen and oxygen atoms in total. The average molecular weight is 440 g/mol. The number of aromatic nitrogens is 2. The van der Waals surface area contributed by atoms with Gasteiger partial charge in [0.15, 0.2) is 4.90 Å². The predicted octanol–water partition coefficient (Wildman–Crippen LogP) is 1.47. The van der Waals surface area contributed by atoms with Gasteiger partial charge in [-0.25, -0.2) is 21.9 Å². The number of carbonyl (C=O) groups is 1. The molecule has 1 aromatic carbocycles. The maximum absolute atomic E-state index is 13.9. The van der Waals surface area contributed by atoms with Crippen LogP contribution in [0.2, 0.25) is 0 Å². The molecule has 1 aliphatic heterocycles. The van der Waals surface area contributed by atoms with Gasteiger partial charge in [-0.2, -0.15) is 9.40 Å². The van der Waals surface area contributed by atoms with Crippen LogP contribution in [0.4, 0.5) is 8.78 Å². The summed E-state index contributed by atoms with van der Waals surface area (Å²) >= 11 is 0. The van der Waals surface area contributed by atoms with Crippen LogP contribution in [0.25, 0.3) is 0 Å². The number of halogens is 2. The number of hydrogen-bond donors (Lipinski definition) is 0. The molecular formula is C19H22F2N4O4S. The highest BCUT2D eigenvalue weighted by molar-refractivity contribution is 7.89. The molecule has 3 rings (SSSR count). The number of carbonyl (C=O) groups excluding carboxylic acids is 1. The van der Waals surface area contributed by atoms with Crippen molar-refractivity contribution in [3.63, 3.8) is 0 Å². The highest BCUT2D eigenvalue weighted by atomic mass is 32.2. The lowest BCUT2D eigenvalue weighted by atomic mass is 10.3. The number of piperazine rings is 1. The van der Waals surface area contributed by atoms with E-state index in [4.69, 9.17) is 0 Å². The quantitative estimate of drug-likeness (QED) is 0.678. The molecule has 0 N–H and O–H groups in total. The molecule has 0 aliphatic carbocycles. The normalized spacial score (nSPS) is 15.4. The Morgan fingerprint density at radius 2 is 1.70 bits per heavy atom. The molecule has 0 saturated carbocycles. The van der Waals surface area contributed by atoms with E-state index in [0.717, 1.165) is 35.3 Å². The number of amides is 1. The van der Waals surface area contributed by atoms with Crippen molar-refractivity contribution in [2.75, 3.05) is 26.2 Å². The van der Waals surface area contributed by atoms with E-state index in [1.807, 2.05) is 6.92 Å². The van der Waals surface area contributed by atoms with Crippen molar-refractivity contribution in [2.24, 2.45) is 0 Å². The van der Waals surface area contributed by atoms with Gasteiger partial charge in [0.2, 0.25) is 10.0 Å². The Kier molecular flexibility index (Phi) is 6.61. The fourth-order valence-electron chi connectivity index (χ4n) is 3.18. The van der Waals surface area contributed by atoms with E-state index in [2.05, 4.69) is 5.10 Å². The van der Waals surface area contributed by atoms with Crippen molar-refractivity contribution in [3.05, 3.63) is 58.0 Å². The second-order valence-corrected chi connectivity index (χ2v) is 8.76. The Balaban J connectivity index is 1.73. The van der Waals surface area contributed by atoms with Gasteiger partial charge in [-0.3, -0.25) is 9.59 Å². The van der Waals surface area contributed by atoms with E-state index in [9.17, 15) is 26.8 Å². The first-order chi connectivity index (χ1) is 14.3. The Labute approximate surface area is 172 Å². The lowest BCUT2D eigenvalue weighted by Gasteiger charge is -2.33. The molecule has 1 aromatic heterocycles. The third-order valence-electron chi connectivity index (χ3n) is 4.85. The van der Waals surface area contributed by atoms with Crippen LogP contribution in [0.15, 0.2) is 40.0 Å². The van der Waals surface area contributed by atoms with Gasteiger partial charge < -0.3 is 4.90 Å². The lowest BCUT2D eigenvalue weighted by Crippen LogP contribution is -2.51. The monoisotopic (exact) mass is 440 g/mol. The number of hydrogen-bond acceptors (Lipinski definition) is 5. The molecular weight excluding hydrogens is 418 g/mol. The number of sulfonamides is 1. The number of aryl methyl sites for hydroxylation is 1. The Hall–Kier alpha value is -2.66. The molecule has 0 radical (unpaired) electrons. The second-order valence-electron chi connectivity index (χ2n) is 6.88. The summed E-state index contributed by atoms with van der Waals surface area (Å²) < 4.78 is 55.4. The van der Waals surface area contributed by atoms with Crippen molar-refractivity contribution < 1.29 is 22.0 Å². The van der Waals surface area contributed by atoms with Gasteiger partial charge in [0, 0.05) is 38.8 Å². The predicted molar refractivity (Wildman–Crippen MR) is 104 cm³/mol. The van der Waals surface area contributed by atoms with E-state index >= 15 is 0 Å². The molecule has 0 bridgehead atoms. The first-order valence-corrected chi connectivity index (χ1v) is 11.0. The third-order valence-corrected chi connectivity index (χ3v) is 6.80. The largest absolute Gasteiger partial charge is 0.335 e. The third kappa shape index (κ3) is 4.41. The molecule has 0 unspecified atom stereocenters. The minimum atomic E-state index is -4.38.